The van der Waals surface area contributed by atoms with E-state index in [9.17, 15) is 17.8 Å². The number of anilines is 2. The Morgan fingerprint density at radius 2 is 1.77 bits per heavy atom. The van der Waals surface area contributed by atoms with E-state index in [1.807, 2.05) is 60.8 Å². The Kier molecular flexibility index (Phi) is 9.32. The minimum absolute atomic E-state index is 0.00305. The van der Waals surface area contributed by atoms with E-state index in [-0.39, 0.29) is 22.8 Å². The molecule has 1 heterocycles. The van der Waals surface area contributed by atoms with E-state index in [4.69, 9.17) is 5.11 Å². The summed E-state index contributed by atoms with van der Waals surface area (Å²) in [5.41, 5.74) is 2.77. The monoisotopic (exact) mass is 562 g/mol. The maximum atomic E-state index is 12.2. The van der Waals surface area contributed by atoms with Crippen LogP contribution in [-0.4, -0.2) is 36.6 Å². The highest BCUT2D eigenvalue weighted by atomic mass is 32.2. The van der Waals surface area contributed by atoms with E-state index in [1.54, 1.807) is 12.1 Å². The number of rotatable bonds is 13. The molecule has 0 saturated heterocycles. The summed E-state index contributed by atoms with van der Waals surface area (Å²) in [4.78, 5) is 13.3. The van der Waals surface area contributed by atoms with Crippen LogP contribution in [0.3, 0.4) is 0 Å². The van der Waals surface area contributed by atoms with Crippen molar-refractivity contribution in [3.05, 3.63) is 90.7 Å². The Morgan fingerprint density at radius 1 is 1.00 bits per heavy atom. The van der Waals surface area contributed by atoms with Gasteiger partial charge in [0.15, 0.2) is 0 Å². The third kappa shape index (κ3) is 6.40. The number of hydrogen-bond acceptors (Lipinski definition) is 5. The zero-order valence-electron chi connectivity index (χ0n) is 23.1. The van der Waals surface area contributed by atoms with Crippen LogP contribution in [-0.2, 0) is 20.3 Å². The van der Waals surface area contributed by atoms with Crippen LogP contribution in [0, 0.1) is 0 Å². The molecule has 212 valence electrons. The summed E-state index contributed by atoms with van der Waals surface area (Å²) < 4.78 is 34.4. The predicted molar refractivity (Wildman–Crippen MR) is 162 cm³/mol. The number of allylic oxidation sites excluding steroid dienone is 2. The Bertz CT molecular complexity index is 1500. The number of fused-ring (bicyclic) bond motifs is 3. The van der Waals surface area contributed by atoms with Gasteiger partial charge in [0.1, 0.15) is 4.90 Å². The predicted octanol–water partition coefficient (Wildman–Crippen LogP) is 7.16. The van der Waals surface area contributed by atoms with Crippen LogP contribution in [0.4, 0.5) is 11.4 Å². The molecule has 0 amide bonds. The second-order valence-electron chi connectivity index (χ2n) is 10.6. The molecule has 0 spiro atoms. The maximum absolute atomic E-state index is 12.2. The van der Waals surface area contributed by atoms with Gasteiger partial charge in [0, 0.05) is 41.3 Å². The van der Waals surface area contributed by atoms with Gasteiger partial charge in [-0.2, -0.15) is 8.42 Å². The zero-order chi connectivity index (χ0) is 28.8. The number of nitrogens with zero attached hydrogens (tertiary/aromatic N) is 1. The van der Waals surface area contributed by atoms with Crippen molar-refractivity contribution in [3.63, 3.8) is 0 Å². The largest absolute Gasteiger partial charge is 0.481 e. The SMILES string of the molecule is CCCN1c2ccc3c(S(=O)(=O)O)cccc3c2C(C)(CCCCCC(=O)O)C1/C=C/C=C/Nc1ccccc1. The lowest BCUT2D eigenvalue weighted by atomic mass is 9.72. The summed E-state index contributed by atoms with van der Waals surface area (Å²) in [5.74, 6) is -0.785. The molecular formula is C32H38N2O5S. The van der Waals surface area contributed by atoms with Gasteiger partial charge in [-0.25, -0.2) is 0 Å². The lowest BCUT2D eigenvalue weighted by Crippen LogP contribution is -2.42. The van der Waals surface area contributed by atoms with E-state index < -0.39 is 16.1 Å². The van der Waals surface area contributed by atoms with Crippen LogP contribution < -0.4 is 10.2 Å². The van der Waals surface area contributed by atoms with E-state index >= 15 is 0 Å². The van der Waals surface area contributed by atoms with Gasteiger partial charge >= 0.3 is 5.97 Å². The first-order valence-corrected chi connectivity index (χ1v) is 15.3. The molecule has 3 aromatic carbocycles. The quantitative estimate of drug-likeness (QED) is 0.115. The molecule has 2 unspecified atom stereocenters. The zero-order valence-corrected chi connectivity index (χ0v) is 23.9. The third-order valence-electron chi connectivity index (χ3n) is 7.72. The van der Waals surface area contributed by atoms with E-state index in [1.165, 1.54) is 6.07 Å². The molecule has 1 aliphatic rings. The van der Waals surface area contributed by atoms with Crippen LogP contribution in [0.2, 0.25) is 0 Å². The van der Waals surface area contributed by atoms with Crippen molar-refractivity contribution < 1.29 is 22.9 Å². The Hall–Kier alpha value is -3.62. The fraction of sp³-hybridized carbons (Fsp3) is 0.344. The van der Waals surface area contributed by atoms with Crippen molar-refractivity contribution in [3.8, 4) is 0 Å². The lowest BCUT2D eigenvalue weighted by molar-refractivity contribution is -0.137. The van der Waals surface area contributed by atoms with Crippen LogP contribution in [0.15, 0.2) is 90.0 Å². The topological polar surface area (TPSA) is 107 Å². The molecule has 3 N–H and O–H groups in total. The molecule has 7 nitrogen and oxygen atoms in total. The molecule has 40 heavy (non-hydrogen) atoms. The third-order valence-corrected chi connectivity index (χ3v) is 8.63. The Morgan fingerprint density at radius 3 is 2.48 bits per heavy atom. The Balaban J connectivity index is 1.74. The smallest absolute Gasteiger partial charge is 0.303 e. The molecular weight excluding hydrogens is 524 g/mol. The number of nitrogens with one attached hydrogen (secondary N) is 1. The number of carboxylic acid groups (broad SMARTS) is 1. The normalized spacial score (nSPS) is 19.1. The van der Waals surface area contributed by atoms with Gasteiger partial charge in [0.25, 0.3) is 10.1 Å². The average Bonchev–Trinajstić information content (AvgIpc) is 3.15. The van der Waals surface area contributed by atoms with E-state index in [0.717, 1.165) is 54.6 Å². The summed E-state index contributed by atoms with van der Waals surface area (Å²) in [5, 5.41) is 13.7. The van der Waals surface area contributed by atoms with Gasteiger partial charge in [-0.3, -0.25) is 9.35 Å². The fourth-order valence-electron chi connectivity index (χ4n) is 5.96. The van der Waals surface area contributed by atoms with Crippen molar-refractivity contribution >= 4 is 38.2 Å². The maximum Gasteiger partial charge on any atom is 0.303 e. The summed E-state index contributed by atoms with van der Waals surface area (Å²) in [7, 11) is -4.40. The van der Waals surface area contributed by atoms with Crippen molar-refractivity contribution in [2.75, 3.05) is 16.8 Å². The minimum Gasteiger partial charge on any atom is -0.481 e. The van der Waals surface area contributed by atoms with Crippen molar-refractivity contribution in [1.82, 2.24) is 0 Å². The first kappa shape index (κ1) is 29.4. The highest BCUT2D eigenvalue weighted by molar-refractivity contribution is 7.86. The average molecular weight is 563 g/mol. The van der Waals surface area contributed by atoms with Crippen LogP contribution >= 0.6 is 0 Å². The number of unbranched alkanes of at least 4 members (excludes halogenated alkanes) is 2. The van der Waals surface area contributed by atoms with Crippen LogP contribution in [0.25, 0.3) is 10.8 Å². The number of carbonyl (C=O) groups is 1. The van der Waals surface area contributed by atoms with Gasteiger partial charge in [-0.15, -0.1) is 0 Å². The molecule has 0 radical (unpaired) electrons. The Labute approximate surface area is 237 Å². The van der Waals surface area contributed by atoms with E-state index in [0.29, 0.717) is 11.8 Å². The summed E-state index contributed by atoms with van der Waals surface area (Å²) >= 11 is 0. The van der Waals surface area contributed by atoms with Crippen LogP contribution in [0.1, 0.15) is 57.9 Å². The number of hydrogen-bond donors (Lipinski definition) is 3. The molecule has 2 atom stereocenters. The van der Waals surface area contributed by atoms with Crippen LogP contribution in [0.5, 0.6) is 0 Å². The number of benzene rings is 3. The molecule has 0 saturated carbocycles. The molecule has 0 aromatic heterocycles. The standard InChI is InChI=1S/C32H38N2O5S/c1-3-23-34-27-20-19-25-26(15-12-16-28(25)40(37,38)39)31(27)32(2,21-10-5-8-18-30(35)36)29(34)17-9-11-22-33-24-13-6-4-7-14-24/h4,6-7,9,11-17,19-20,22,29,33H,3,5,8,10,18,21,23H2,1-2H3,(H,35,36)(H,37,38,39)/b17-9+,22-11+. The number of aliphatic carboxylic acids is 1. The summed E-state index contributed by atoms with van der Waals surface area (Å²) in [6.07, 6.45) is 12.3. The first-order valence-electron chi connectivity index (χ1n) is 13.8. The minimum atomic E-state index is -4.40. The van der Waals surface area contributed by atoms with Gasteiger partial charge in [-0.05, 0) is 60.6 Å². The van der Waals surface area contributed by atoms with Gasteiger partial charge in [-0.1, -0.05) is 75.2 Å². The fourth-order valence-corrected chi connectivity index (χ4v) is 6.67. The molecule has 3 aromatic rings. The molecule has 0 aliphatic carbocycles. The summed E-state index contributed by atoms with van der Waals surface area (Å²) in [6, 6.07) is 18.8. The highest BCUT2D eigenvalue weighted by Crippen LogP contribution is 2.52. The molecule has 0 bridgehead atoms. The second-order valence-corrected chi connectivity index (χ2v) is 11.9. The molecule has 4 rings (SSSR count). The molecule has 0 fully saturated rings. The molecule has 8 heteroatoms. The highest BCUT2D eigenvalue weighted by Gasteiger charge is 2.46. The van der Waals surface area contributed by atoms with E-state index in [2.05, 4.69) is 30.1 Å². The lowest BCUT2D eigenvalue weighted by Gasteiger charge is -2.35. The van der Waals surface area contributed by atoms with Gasteiger partial charge in [0.2, 0.25) is 0 Å². The number of carboxylic acids is 1. The van der Waals surface area contributed by atoms with Gasteiger partial charge < -0.3 is 15.3 Å². The van der Waals surface area contributed by atoms with Crippen molar-refractivity contribution in [1.29, 1.82) is 0 Å². The number of para-hydroxylation sites is 1. The molecule has 1 aliphatic heterocycles. The first-order chi connectivity index (χ1) is 19.2. The summed E-state index contributed by atoms with van der Waals surface area (Å²) in [6.45, 7) is 5.19. The van der Waals surface area contributed by atoms with Gasteiger partial charge in [0.05, 0.1) is 6.04 Å². The second kappa shape index (κ2) is 12.7. The van der Waals surface area contributed by atoms with Crippen molar-refractivity contribution in [2.45, 2.75) is 68.7 Å². The van der Waals surface area contributed by atoms with Crippen molar-refractivity contribution in [2.24, 2.45) is 0 Å².